The van der Waals surface area contributed by atoms with E-state index >= 15 is 0 Å². The average molecular weight is 317 g/mol. The molecule has 0 saturated carbocycles. The van der Waals surface area contributed by atoms with Crippen molar-refractivity contribution < 1.29 is 9.59 Å². The van der Waals surface area contributed by atoms with Gasteiger partial charge in [0.1, 0.15) is 0 Å². The van der Waals surface area contributed by atoms with Crippen molar-refractivity contribution in [3.8, 4) is 0 Å². The molecule has 0 aliphatic carbocycles. The van der Waals surface area contributed by atoms with Gasteiger partial charge in [-0.05, 0) is 36.8 Å². The predicted octanol–water partition coefficient (Wildman–Crippen LogP) is 4.33. The van der Waals surface area contributed by atoms with Gasteiger partial charge in [0.2, 0.25) is 5.91 Å². The van der Waals surface area contributed by atoms with Gasteiger partial charge in [-0.1, -0.05) is 36.7 Å². The fourth-order valence-corrected chi connectivity index (χ4v) is 2.16. The van der Waals surface area contributed by atoms with Gasteiger partial charge in [0, 0.05) is 17.7 Å². The molecular formula is C17H17ClN2O2. The number of halogens is 1. The van der Waals surface area contributed by atoms with Crippen LogP contribution in [0.25, 0.3) is 0 Å². The van der Waals surface area contributed by atoms with E-state index in [0.717, 1.165) is 6.42 Å². The molecule has 0 radical (unpaired) electrons. The number of rotatable bonds is 5. The van der Waals surface area contributed by atoms with Crippen LogP contribution in [-0.2, 0) is 4.79 Å². The lowest BCUT2D eigenvalue weighted by molar-refractivity contribution is -0.116. The van der Waals surface area contributed by atoms with Crippen molar-refractivity contribution in [2.24, 2.45) is 0 Å². The van der Waals surface area contributed by atoms with Gasteiger partial charge in [0.05, 0.1) is 10.7 Å². The highest BCUT2D eigenvalue weighted by atomic mass is 35.5. The molecule has 4 nitrogen and oxygen atoms in total. The SMILES string of the molecule is CCCC(=O)Nc1ccc(NC(=O)c2ccccc2)c(Cl)c1. The first-order valence-electron chi connectivity index (χ1n) is 7.06. The van der Waals surface area contributed by atoms with Crippen LogP contribution >= 0.6 is 11.6 Å². The van der Waals surface area contributed by atoms with E-state index in [4.69, 9.17) is 11.6 Å². The summed E-state index contributed by atoms with van der Waals surface area (Å²) < 4.78 is 0. The lowest BCUT2D eigenvalue weighted by Crippen LogP contribution is -2.13. The van der Waals surface area contributed by atoms with E-state index in [0.29, 0.717) is 28.4 Å². The van der Waals surface area contributed by atoms with Gasteiger partial charge in [-0.3, -0.25) is 9.59 Å². The molecule has 5 heteroatoms. The summed E-state index contributed by atoms with van der Waals surface area (Å²) in [7, 11) is 0. The highest BCUT2D eigenvalue weighted by Gasteiger charge is 2.09. The maximum Gasteiger partial charge on any atom is 0.255 e. The molecule has 0 aliphatic rings. The lowest BCUT2D eigenvalue weighted by Gasteiger charge is -2.10. The Morgan fingerprint density at radius 3 is 2.41 bits per heavy atom. The summed E-state index contributed by atoms with van der Waals surface area (Å²) in [6.45, 7) is 1.94. The number of benzene rings is 2. The fraction of sp³-hybridized carbons (Fsp3) is 0.176. The van der Waals surface area contributed by atoms with Crippen LogP contribution in [0.15, 0.2) is 48.5 Å². The predicted molar refractivity (Wildman–Crippen MR) is 89.4 cm³/mol. The Balaban J connectivity index is 2.07. The minimum Gasteiger partial charge on any atom is -0.326 e. The summed E-state index contributed by atoms with van der Waals surface area (Å²) in [6.07, 6.45) is 1.24. The van der Waals surface area contributed by atoms with Gasteiger partial charge in [-0.25, -0.2) is 0 Å². The monoisotopic (exact) mass is 316 g/mol. The summed E-state index contributed by atoms with van der Waals surface area (Å²) in [4.78, 5) is 23.6. The molecule has 22 heavy (non-hydrogen) atoms. The zero-order valence-corrected chi connectivity index (χ0v) is 13.0. The minimum absolute atomic E-state index is 0.0559. The molecule has 0 spiro atoms. The third kappa shape index (κ3) is 4.33. The maximum atomic E-state index is 12.1. The van der Waals surface area contributed by atoms with Gasteiger partial charge in [-0.15, -0.1) is 0 Å². The topological polar surface area (TPSA) is 58.2 Å². The quantitative estimate of drug-likeness (QED) is 0.862. The van der Waals surface area contributed by atoms with Gasteiger partial charge in [-0.2, -0.15) is 0 Å². The Kier molecular flexibility index (Phi) is 5.55. The van der Waals surface area contributed by atoms with E-state index in [-0.39, 0.29) is 11.8 Å². The Morgan fingerprint density at radius 2 is 1.77 bits per heavy atom. The van der Waals surface area contributed by atoms with E-state index in [1.807, 2.05) is 13.0 Å². The molecule has 0 aliphatic heterocycles. The van der Waals surface area contributed by atoms with Crippen molar-refractivity contribution in [3.63, 3.8) is 0 Å². The number of carbonyl (C=O) groups is 2. The number of amides is 2. The van der Waals surface area contributed by atoms with Crippen molar-refractivity contribution in [2.75, 3.05) is 10.6 Å². The number of nitrogens with one attached hydrogen (secondary N) is 2. The second-order valence-corrected chi connectivity index (χ2v) is 5.22. The first-order chi connectivity index (χ1) is 10.6. The lowest BCUT2D eigenvalue weighted by atomic mass is 10.2. The number of hydrogen-bond acceptors (Lipinski definition) is 2. The van der Waals surface area contributed by atoms with Crippen molar-refractivity contribution in [2.45, 2.75) is 19.8 Å². The highest BCUT2D eigenvalue weighted by molar-refractivity contribution is 6.34. The highest BCUT2D eigenvalue weighted by Crippen LogP contribution is 2.26. The van der Waals surface area contributed by atoms with E-state index in [1.54, 1.807) is 42.5 Å². The molecule has 2 aromatic rings. The first-order valence-corrected chi connectivity index (χ1v) is 7.43. The van der Waals surface area contributed by atoms with Crippen LogP contribution in [-0.4, -0.2) is 11.8 Å². The maximum absolute atomic E-state index is 12.1. The normalized spacial score (nSPS) is 10.1. The van der Waals surface area contributed by atoms with Gasteiger partial charge < -0.3 is 10.6 Å². The van der Waals surface area contributed by atoms with E-state index < -0.39 is 0 Å². The molecule has 0 unspecified atom stereocenters. The molecule has 0 bridgehead atoms. The van der Waals surface area contributed by atoms with Crippen LogP contribution in [0.4, 0.5) is 11.4 Å². The van der Waals surface area contributed by atoms with Gasteiger partial charge in [0.25, 0.3) is 5.91 Å². The molecule has 0 atom stereocenters. The second kappa shape index (κ2) is 7.61. The number of anilines is 2. The molecule has 2 N–H and O–H groups in total. The zero-order valence-electron chi connectivity index (χ0n) is 12.2. The van der Waals surface area contributed by atoms with Crippen LogP contribution in [0.1, 0.15) is 30.1 Å². The smallest absolute Gasteiger partial charge is 0.255 e. The molecule has 2 amide bonds. The molecule has 114 valence electrons. The molecule has 2 aromatic carbocycles. The van der Waals surface area contributed by atoms with Crippen LogP contribution in [0.5, 0.6) is 0 Å². The van der Waals surface area contributed by atoms with Crippen molar-refractivity contribution >= 4 is 34.8 Å². The minimum atomic E-state index is -0.231. The van der Waals surface area contributed by atoms with Crippen molar-refractivity contribution in [3.05, 3.63) is 59.1 Å². The van der Waals surface area contributed by atoms with E-state index in [2.05, 4.69) is 10.6 Å². The van der Waals surface area contributed by atoms with E-state index in [1.165, 1.54) is 0 Å². The molecule has 0 saturated heterocycles. The molecule has 0 fully saturated rings. The summed E-state index contributed by atoms with van der Waals surface area (Å²) in [5.41, 5.74) is 1.67. The van der Waals surface area contributed by atoms with E-state index in [9.17, 15) is 9.59 Å². The summed E-state index contributed by atoms with van der Waals surface area (Å²) in [6, 6.07) is 13.9. The van der Waals surface area contributed by atoms with Crippen LogP contribution < -0.4 is 10.6 Å². The fourth-order valence-electron chi connectivity index (χ4n) is 1.93. The summed E-state index contributed by atoms with van der Waals surface area (Å²) >= 11 is 6.16. The molecule has 2 rings (SSSR count). The average Bonchev–Trinajstić information content (AvgIpc) is 2.51. The first kappa shape index (κ1) is 16.0. The molecule has 0 heterocycles. The summed E-state index contributed by atoms with van der Waals surface area (Å²) in [5, 5.41) is 5.88. The Bertz CT molecular complexity index is 672. The molecular weight excluding hydrogens is 300 g/mol. The number of carbonyl (C=O) groups excluding carboxylic acids is 2. The van der Waals surface area contributed by atoms with Crippen LogP contribution in [0.2, 0.25) is 5.02 Å². The largest absolute Gasteiger partial charge is 0.326 e. The molecule has 0 aromatic heterocycles. The van der Waals surface area contributed by atoms with Crippen molar-refractivity contribution in [1.29, 1.82) is 0 Å². The summed E-state index contributed by atoms with van der Waals surface area (Å²) in [5.74, 6) is -0.287. The third-order valence-electron chi connectivity index (χ3n) is 3.01. The van der Waals surface area contributed by atoms with Crippen LogP contribution in [0, 0.1) is 0 Å². The Morgan fingerprint density at radius 1 is 1.05 bits per heavy atom. The third-order valence-corrected chi connectivity index (χ3v) is 3.33. The zero-order chi connectivity index (χ0) is 15.9. The van der Waals surface area contributed by atoms with Crippen molar-refractivity contribution in [1.82, 2.24) is 0 Å². The second-order valence-electron chi connectivity index (χ2n) is 4.81. The van der Waals surface area contributed by atoms with Gasteiger partial charge in [0.15, 0.2) is 0 Å². The van der Waals surface area contributed by atoms with Crippen LogP contribution in [0.3, 0.4) is 0 Å². The Labute approximate surface area is 134 Å². The Hall–Kier alpha value is -2.33. The standard InChI is InChI=1S/C17H17ClN2O2/c1-2-6-16(21)19-13-9-10-15(14(18)11-13)20-17(22)12-7-4-3-5-8-12/h3-5,7-11H,2,6H2,1H3,(H,19,21)(H,20,22). The van der Waals surface area contributed by atoms with Gasteiger partial charge >= 0.3 is 0 Å². The number of hydrogen-bond donors (Lipinski definition) is 2.